The molecule has 0 unspecified atom stereocenters. The Morgan fingerprint density at radius 2 is 2.24 bits per heavy atom. The highest BCUT2D eigenvalue weighted by atomic mass is 127. The van der Waals surface area contributed by atoms with Crippen molar-refractivity contribution >= 4 is 51.2 Å². The van der Waals surface area contributed by atoms with Crippen molar-refractivity contribution in [2.75, 3.05) is 5.75 Å². The van der Waals surface area contributed by atoms with E-state index in [1.54, 1.807) is 6.07 Å². The van der Waals surface area contributed by atoms with Crippen LogP contribution in [0.2, 0.25) is 0 Å². The molecule has 0 bridgehead atoms. The molecule has 2 aromatic rings. The third kappa shape index (κ3) is 3.85. The molecule has 0 saturated heterocycles. The topological polar surface area (TPSA) is 78.0 Å². The summed E-state index contributed by atoms with van der Waals surface area (Å²) >= 11 is 3.32. The van der Waals surface area contributed by atoms with Gasteiger partial charge in [0.15, 0.2) is 5.16 Å². The van der Waals surface area contributed by atoms with E-state index in [0.29, 0.717) is 22.6 Å². The fourth-order valence-corrected chi connectivity index (χ4v) is 3.06. The SMILES string of the molecule is C=C(C)Cn1c(SCC(N)=O)nc2ccc(I)cc2c1=O. The number of nitrogens with zero attached hydrogens (tertiary/aromatic N) is 2. The van der Waals surface area contributed by atoms with Crippen LogP contribution in [0.1, 0.15) is 6.92 Å². The van der Waals surface area contributed by atoms with Crippen molar-refractivity contribution in [3.63, 3.8) is 0 Å². The van der Waals surface area contributed by atoms with E-state index in [0.717, 1.165) is 20.9 Å². The normalized spacial score (nSPS) is 10.8. The zero-order valence-corrected chi connectivity index (χ0v) is 14.4. The van der Waals surface area contributed by atoms with E-state index in [9.17, 15) is 9.59 Å². The van der Waals surface area contributed by atoms with E-state index < -0.39 is 5.91 Å². The molecule has 0 saturated carbocycles. The summed E-state index contributed by atoms with van der Waals surface area (Å²) in [6.45, 7) is 6.05. The molecule has 0 radical (unpaired) electrons. The van der Waals surface area contributed by atoms with E-state index in [1.807, 2.05) is 19.1 Å². The standard InChI is InChI=1S/C14H14IN3O2S/c1-8(2)6-18-13(20)10-5-9(15)3-4-11(10)17-14(18)21-7-12(16)19/h3-5H,1,6-7H2,2H3,(H2,16,19). The first kappa shape index (κ1) is 16.0. The van der Waals surface area contributed by atoms with Gasteiger partial charge in [-0.1, -0.05) is 23.9 Å². The van der Waals surface area contributed by atoms with Crippen LogP contribution in [0.25, 0.3) is 10.9 Å². The molecule has 0 fully saturated rings. The molecule has 7 heteroatoms. The molecule has 0 aliphatic rings. The molecule has 1 aromatic heterocycles. The fraction of sp³-hybridized carbons (Fsp3) is 0.214. The zero-order valence-electron chi connectivity index (χ0n) is 11.4. The lowest BCUT2D eigenvalue weighted by molar-refractivity contribution is -0.115. The first-order chi connectivity index (χ1) is 9.88. The average Bonchev–Trinajstić information content (AvgIpc) is 2.40. The first-order valence-corrected chi connectivity index (χ1v) is 8.20. The van der Waals surface area contributed by atoms with Crippen LogP contribution in [-0.2, 0) is 11.3 Å². The minimum atomic E-state index is -0.446. The number of carbonyl (C=O) groups is 1. The first-order valence-electron chi connectivity index (χ1n) is 6.14. The Morgan fingerprint density at radius 3 is 2.86 bits per heavy atom. The van der Waals surface area contributed by atoms with Gasteiger partial charge in [0, 0.05) is 10.1 Å². The van der Waals surface area contributed by atoms with Gasteiger partial charge in [-0.3, -0.25) is 14.2 Å². The van der Waals surface area contributed by atoms with Crippen molar-refractivity contribution in [1.29, 1.82) is 0 Å². The number of halogens is 1. The van der Waals surface area contributed by atoms with Gasteiger partial charge < -0.3 is 5.73 Å². The van der Waals surface area contributed by atoms with Crippen molar-refractivity contribution in [2.45, 2.75) is 18.6 Å². The van der Waals surface area contributed by atoms with Crippen molar-refractivity contribution in [3.05, 3.63) is 44.3 Å². The minimum Gasteiger partial charge on any atom is -0.369 e. The molecule has 5 nitrogen and oxygen atoms in total. The highest BCUT2D eigenvalue weighted by Gasteiger charge is 2.13. The maximum atomic E-state index is 12.6. The lowest BCUT2D eigenvalue weighted by Crippen LogP contribution is -2.25. The summed E-state index contributed by atoms with van der Waals surface area (Å²) in [5.74, 6) is -0.364. The average molecular weight is 415 g/mol. The van der Waals surface area contributed by atoms with Gasteiger partial charge in [0.05, 0.1) is 16.7 Å². The van der Waals surface area contributed by atoms with Crippen molar-refractivity contribution in [2.24, 2.45) is 5.73 Å². The molecule has 0 aliphatic heterocycles. The van der Waals surface area contributed by atoms with Crippen molar-refractivity contribution < 1.29 is 4.79 Å². The lowest BCUT2D eigenvalue weighted by atomic mass is 10.2. The fourth-order valence-electron chi connectivity index (χ4n) is 1.83. The Balaban J connectivity index is 2.63. The number of aromatic nitrogens is 2. The van der Waals surface area contributed by atoms with Gasteiger partial charge >= 0.3 is 0 Å². The van der Waals surface area contributed by atoms with Gasteiger partial charge in [-0.15, -0.1) is 0 Å². The van der Waals surface area contributed by atoms with Crippen molar-refractivity contribution in [3.8, 4) is 0 Å². The highest BCUT2D eigenvalue weighted by Crippen LogP contribution is 2.19. The number of carbonyl (C=O) groups excluding carboxylic acids is 1. The number of fused-ring (bicyclic) bond motifs is 1. The number of thioether (sulfide) groups is 1. The highest BCUT2D eigenvalue weighted by molar-refractivity contribution is 14.1. The van der Waals surface area contributed by atoms with E-state index in [4.69, 9.17) is 5.73 Å². The third-order valence-electron chi connectivity index (χ3n) is 2.65. The number of allylic oxidation sites excluding steroid dienone is 1. The Bertz CT molecular complexity index is 786. The summed E-state index contributed by atoms with van der Waals surface area (Å²) in [7, 11) is 0. The summed E-state index contributed by atoms with van der Waals surface area (Å²) in [4.78, 5) is 28.1. The largest absolute Gasteiger partial charge is 0.369 e. The molecule has 21 heavy (non-hydrogen) atoms. The maximum absolute atomic E-state index is 12.6. The van der Waals surface area contributed by atoms with Gasteiger partial charge in [-0.2, -0.15) is 0 Å². The molecule has 0 spiro atoms. The van der Waals surface area contributed by atoms with E-state index in [-0.39, 0.29) is 11.3 Å². The van der Waals surface area contributed by atoms with Crippen LogP contribution in [-0.4, -0.2) is 21.2 Å². The number of amides is 1. The molecule has 110 valence electrons. The third-order valence-corrected chi connectivity index (χ3v) is 4.32. The predicted molar refractivity (Wildman–Crippen MR) is 93.5 cm³/mol. The van der Waals surface area contributed by atoms with Crippen molar-refractivity contribution in [1.82, 2.24) is 9.55 Å². The number of hydrogen-bond donors (Lipinski definition) is 1. The molecule has 1 aromatic carbocycles. The number of nitrogens with two attached hydrogens (primary N) is 1. The number of rotatable bonds is 5. The quantitative estimate of drug-likeness (QED) is 0.352. The van der Waals surface area contributed by atoms with Gasteiger partial charge in [0.2, 0.25) is 5.91 Å². The molecular weight excluding hydrogens is 401 g/mol. The monoisotopic (exact) mass is 415 g/mol. The Labute approximate surface area is 139 Å². The summed E-state index contributed by atoms with van der Waals surface area (Å²) in [5, 5.41) is 1.04. The maximum Gasteiger partial charge on any atom is 0.262 e. The van der Waals surface area contributed by atoms with Gasteiger partial charge in [0.25, 0.3) is 5.56 Å². The van der Waals surface area contributed by atoms with Crippen LogP contribution in [0, 0.1) is 3.57 Å². The van der Waals surface area contributed by atoms with E-state index in [1.165, 1.54) is 4.57 Å². The summed E-state index contributed by atoms with van der Waals surface area (Å²) in [5.41, 5.74) is 6.49. The molecule has 0 aliphatic carbocycles. The smallest absolute Gasteiger partial charge is 0.262 e. The second-order valence-electron chi connectivity index (χ2n) is 4.66. The summed E-state index contributed by atoms with van der Waals surface area (Å²) in [6, 6.07) is 5.50. The molecular formula is C14H14IN3O2S. The molecule has 2 N–H and O–H groups in total. The summed E-state index contributed by atoms with van der Waals surface area (Å²) in [6.07, 6.45) is 0. The second kappa shape index (κ2) is 6.61. The summed E-state index contributed by atoms with van der Waals surface area (Å²) < 4.78 is 2.51. The zero-order chi connectivity index (χ0) is 15.6. The van der Waals surface area contributed by atoms with Crippen LogP contribution in [0.5, 0.6) is 0 Å². The number of hydrogen-bond acceptors (Lipinski definition) is 4. The molecule has 2 rings (SSSR count). The van der Waals surface area contributed by atoms with Crippen LogP contribution < -0.4 is 11.3 Å². The number of primary amides is 1. The van der Waals surface area contributed by atoms with Crippen LogP contribution in [0.3, 0.4) is 0 Å². The van der Waals surface area contributed by atoms with Gasteiger partial charge in [0.1, 0.15) is 0 Å². The Hall–Kier alpha value is -1.35. The minimum absolute atomic E-state index is 0.0819. The lowest BCUT2D eigenvalue weighted by Gasteiger charge is -2.12. The molecule has 0 atom stereocenters. The van der Waals surface area contributed by atoms with Crippen LogP contribution >= 0.6 is 34.4 Å². The van der Waals surface area contributed by atoms with Gasteiger partial charge in [-0.25, -0.2) is 4.98 Å². The second-order valence-corrected chi connectivity index (χ2v) is 6.85. The van der Waals surface area contributed by atoms with Crippen LogP contribution in [0.15, 0.2) is 40.3 Å². The number of benzene rings is 1. The van der Waals surface area contributed by atoms with Gasteiger partial charge in [-0.05, 0) is 47.7 Å². The Kier molecular flexibility index (Phi) is 5.04. The Morgan fingerprint density at radius 1 is 1.52 bits per heavy atom. The van der Waals surface area contributed by atoms with Crippen LogP contribution in [0.4, 0.5) is 0 Å². The van der Waals surface area contributed by atoms with E-state index >= 15 is 0 Å². The predicted octanol–water partition coefficient (Wildman–Crippen LogP) is 2.15. The molecule has 1 heterocycles. The van der Waals surface area contributed by atoms with E-state index in [2.05, 4.69) is 34.2 Å². The molecule has 1 amide bonds.